The van der Waals surface area contributed by atoms with Crippen LogP contribution in [0.5, 0.6) is 0 Å². The van der Waals surface area contributed by atoms with Crippen molar-refractivity contribution in [3.8, 4) is 0 Å². The van der Waals surface area contributed by atoms with Gasteiger partial charge in [-0.25, -0.2) is 14.4 Å². The highest BCUT2D eigenvalue weighted by Crippen LogP contribution is 2.33. The number of nitrogens with one attached hydrogen (secondary N) is 3. The third-order valence-electron chi connectivity index (χ3n) is 6.44. The molecule has 41 heavy (non-hydrogen) atoms. The molecule has 1 saturated heterocycles. The minimum Gasteiger partial charge on any atom is -0.368 e. The van der Waals surface area contributed by atoms with Gasteiger partial charge in [0, 0.05) is 29.8 Å². The minimum absolute atomic E-state index is 0.0544. The summed E-state index contributed by atoms with van der Waals surface area (Å²) in [6, 6.07) is 12.1. The zero-order chi connectivity index (χ0) is 29.1. The molecule has 0 spiro atoms. The van der Waals surface area contributed by atoms with Gasteiger partial charge in [0.05, 0.1) is 27.4 Å². The second kappa shape index (κ2) is 11.7. The van der Waals surface area contributed by atoms with Crippen LogP contribution in [0.3, 0.4) is 0 Å². The number of alkyl halides is 3. The van der Waals surface area contributed by atoms with Crippen molar-refractivity contribution in [1.29, 1.82) is 0 Å². The minimum atomic E-state index is -4.52. The lowest BCUT2D eigenvalue weighted by atomic mass is 10.1. The summed E-state index contributed by atoms with van der Waals surface area (Å²) in [6.07, 6.45) is -2.59. The Labute approximate surface area is 236 Å². The molecule has 0 bridgehead atoms. The van der Waals surface area contributed by atoms with Crippen LogP contribution in [-0.4, -0.2) is 34.5 Å². The average molecular weight is 588 g/mol. The maximum Gasteiger partial charge on any atom is 0.416 e. The highest BCUT2D eigenvalue weighted by Gasteiger charge is 2.30. The number of nitrogens with zero attached hydrogens (tertiary/aromatic N) is 2. The first-order valence-corrected chi connectivity index (χ1v) is 12.8. The van der Waals surface area contributed by atoms with Gasteiger partial charge in [0.1, 0.15) is 24.1 Å². The number of halogens is 5. The lowest BCUT2D eigenvalue weighted by Crippen LogP contribution is -2.34. The topological polar surface area (TPSA) is 105 Å². The predicted octanol–water partition coefficient (Wildman–Crippen LogP) is 6.23. The van der Waals surface area contributed by atoms with Crippen LogP contribution in [0, 0.1) is 5.82 Å². The van der Waals surface area contributed by atoms with E-state index in [1.165, 1.54) is 36.7 Å². The van der Waals surface area contributed by atoms with E-state index >= 15 is 4.39 Å². The SMILES string of the molecule is O=C(Nc1cccc2c(Nc3cccc(C(F)(F)F)c3)ncnc12)c1c(Cl)ccc(CNC(=O)C2CCCO2)c1F. The zero-order valence-electron chi connectivity index (χ0n) is 21.2. The highest BCUT2D eigenvalue weighted by atomic mass is 35.5. The Morgan fingerprint density at radius 2 is 1.88 bits per heavy atom. The molecular weight excluding hydrogens is 566 g/mol. The fourth-order valence-corrected chi connectivity index (χ4v) is 4.64. The molecule has 1 aliphatic heterocycles. The summed E-state index contributed by atoms with van der Waals surface area (Å²) in [7, 11) is 0. The average Bonchev–Trinajstić information content (AvgIpc) is 3.48. The molecule has 1 aliphatic rings. The molecule has 4 aromatic rings. The second-order valence-corrected chi connectivity index (χ2v) is 9.60. The number of rotatable bonds is 7. The number of amides is 2. The van der Waals surface area contributed by atoms with E-state index < -0.39 is 35.1 Å². The first kappa shape index (κ1) is 28.2. The summed E-state index contributed by atoms with van der Waals surface area (Å²) < 4.78 is 60.2. The molecule has 1 atom stereocenters. The van der Waals surface area contributed by atoms with Crippen LogP contribution in [0.25, 0.3) is 10.9 Å². The maximum atomic E-state index is 15.4. The molecular formula is C28H22ClF4N5O3. The summed E-state index contributed by atoms with van der Waals surface area (Å²) in [4.78, 5) is 33.8. The van der Waals surface area contributed by atoms with Crippen LogP contribution < -0.4 is 16.0 Å². The maximum absolute atomic E-state index is 15.4. The monoisotopic (exact) mass is 587 g/mol. The number of anilines is 3. The van der Waals surface area contributed by atoms with E-state index in [2.05, 4.69) is 25.9 Å². The molecule has 13 heteroatoms. The number of ether oxygens (including phenoxy) is 1. The molecule has 1 fully saturated rings. The molecule has 3 aromatic carbocycles. The van der Waals surface area contributed by atoms with Gasteiger partial charge >= 0.3 is 6.18 Å². The Morgan fingerprint density at radius 1 is 1.07 bits per heavy atom. The first-order chi connectivity index (χ1) is 19.6. The Morgan fingerprint density at radius 3 is 2.63 bits per heavy atom. The smallest absolute Gasteiger partial charge is 0.368 e. The van der Waals surface area contributed by atoms with Gasteiger partial charge in [-0.05, 0) is 49.2 Å². The lowest BCUT2D eigenvalue weighted by Gasteiger charge is -2.15. The molecule has 5 rings (SSSR count). The van der Waals surface area contributed by atoms with Crippen molar-refractivity contribution in [2.75, 3.05) is 17.2 Å². The molecule has 0 aliphatic carbocycles. The number of aromatic nitrogens is 2. The van der Waals surface area contributed by atoms with Gasteiger partial charge in [-0.3, -0.25) is 9.59 Å². The lowest BCUT2D eigenvalue weighted by molar-refractivity contribution is -0.137. The molecule has 2 heterocycles. The van der Waals surface area contributed by atoms with Crippen molar-refractivity contribution in [3.63, 3.8) is 0 Å². The summed E-state index contributed by atoms with van der Waals surface area (Å²) in [5.74, 6) is -1.94. The highest BCUT2D eigenvalue weighted by molar-refractivity contribution is 6.34. The van der Waals surface area contributed by atoms with Crippen molar-refractivity contribution in [2.45, 2.75) is 31.7 Å². The van der Waals surface area contributed by atoms with Crippen molar-refractivity contribution >= 4 is 51.5 Å². The summed E-state index contributed by atoms with van der Waals surface area (Å²) >= 11 is 6.18. The van der Waals surface area contributed by atoms with E-state index in [0.29, 0.717) is 18.4 Å². The van der Waals surface area contributed by atoms with Crippen LogP contribution in [-0.2, 0) is 22.3 Å². The number of fused-ring (bicyclic) bond motifs is 1. The van der Waals surface area contributed by atoms with Crippen molar-refractivity contribution in [3.05, 3.63) is 88.5 Å². The summed E-state index contributed by atoms with van der Waals surface area (Å²) in [5, 5.41) is 8.31. The van der Waals surface area contributed by atoms with E-state index in [4.69, 9.17) is 16.3 Å². The van der Waals surface area contributed by atoms with Gasteiger partial charge in [0.15, 0.2) is 0 Å². The molecule has 3 N–H and O–H groups in total. The fourth-order valence-electron chi connectivity index (χ4n) is 4.40. The number of carbonyl (C=O) groups excluding carboxylic acids is 2. The predicted molar refractivity (Wildman–Crippen MR) is 144 cm³/mol. The van der Waals surface area contributed by atoms with Crippen LogP contribution in [0.2, 0.25) is 5.02 Å². The molecule has 1 aromatic heterocycles. The summed E-state index contributed by atoms with van der Waals surface area (Å²) in [6.45, 7) is 0.313. The van der Waals surface area contributed by atoms with Crippen LogP contribution >= 0.6 is 11.6 Å². The zero-order valence-corrected chi connectivity index (χ0v) is 21.9. The molecule has 1 unspecified atom stereocenters. The van der Waals surface area contributed by atoms with Crippen LogP contribution in [0.15, 0.2) is 60.9 Å². The van der Waals surface area contributed by atoms with Gasteiger partial charge in [0.25, 0.3) is 5.91 Å². The Balaban J connectivity index is 1.38. The number of hydrogen-bond donors (Lipinski definition) is 3. The number of hydrogen-bond acceptors (Lipinski definition) is 6. The van der Waals surface area contributed by atoms with Gasteiger partial charge in [-0.1, -0.05) is 29.8 Å². The normalized spacial score (nSPS) is 15.1. The van der Waals surface area contributed by atoms with Crippen molar-refractivity contribution in [1.82, 2.24) is 15.3 Å². The number of benzene rings is 3. The van der Waals surface area contributed by atoms with Gasteiger partial charge in [0.2, 0.25) is 5.91 Å². The first-order valence-electron chi connectivity index (χ1n) is 12.5. The van der Waals surface area contributed by atoms with Gasteiger partial charge < -0.3 is 20.7 Å². The third kappa shape index (κ3) is 6.23. The van der Waals surface area contributed by atoms with E-state index in [1.807, 2.05) is 0 Å². The number of carbonyl (C=O) groups is 2. The van der Waals surface area contributed by atoms with Gasteiger partial charge in [-0.2, -0.15) is 13.2 Å². The standard InChI is InChI=1S/C28H22ClF4N5O3/c29-19-10-9-15(13-34-26(39)21-8-3-11-41-21)23(30)22(19)27(40)38-20-7-2-6-18-24(20)35-14-36-25(18)37-17-5-1-4-16(12-17)28(31,32)33/h1-2,4-7,9-10,12,14,21H,3,8,11,13H2,(H,34,39)(H,38,40)(H,35,36,37). The van der Waals surface area contributed by atoms with Gasteiger partial charge in [-0.15, -0.1) is 0 Å². The van der Waals surface area contributed by atoms with E-state index in [1.54, 1.807) is 12.1 Å². The molecule has 8 nitrogen and oxygen atoms in total. The quantitative estimate of drug-likeness (QED) is 0.221. The molecule has 2 amide bonds. The number of para-hydroxylation sites is 1. The Hall–Kier alpha value is -4.29. The fraction of sp³-hybridized carbons (Fsp3) is 0.214. The van der Waals surface area contributed by atoms with E-state index in [-0.39, 0.29) is 45.7 Å². The summed E-state index contributed by atoms with van der Waals surface area (Å²) in [5.41, 5.74) is -0.619. The Kier molecular flexibility index (Phi) is 8.04. The molecule has 0 saturated carbocycles. The largest absolute Gasteiger partial charge is 0.416 e. The molecule has 0 radical (unpaired) electrons. The third-order valence-corrected chi connectivity index (χ3v) is 6.75. The van der Waals surface area contributed by atoms with Crippen LogP contribution in [0.4, 0.5) is 34.8 Å². The van der Waals surface area contributed by atoms with Crippen molar-refractivity contribution < 1.29 is 31.9 Å². The Bertz CT molecular complexity index is 1630. The van der Waals surface area contributed by atoms with E-state index in [0.717, 1.165) is 18.6 Å². The molecule has 212 valence electrons. The van der Waals surface area contributed by atoms with Crippen molar-refractivity contribution in [2.24, 2.45) is 0 Å². The van der Waals surface area contributed by atoms with E-state index in [9.17, 15) is 22.8 Å². The van der Waals surface area contributed by atoms with Crippen LogP contribution in [0.1, 0.15) is 34.3 Å². The second-order valence-electron chi connectivity index (χ2n) is 9.20.